The third-order valence-corrected chi connectivity index (χ3v) is 4.28. The molecule has 3 fully saturated rings. The molecule has 5 atom stereocenters. The summed E-state index contributed by atoms with van der Waals surface area (Å²) >= 11 is 0. The Morgan fingerprint density at radius 2 is 2.08 bits per heavy atom. The van der Waals surface area contributed by atoms with Crippen molar-refractivity contribution in [3.63, 3.8) is 0 Å². The third-order valence-electron chi connectivity index (χ3n) is 4.28. The van der Waals surface area contributed by atoms with E-state index in [0.717, 1.165) is 23.8 Å². The van der Waals surface area contributed by atoms with Crippen molar-refractivity contribution in [3.05, 3.63) is 0 Å². The smallest absolute Gasteiger partial charge is 0.0868 e. The fraction of sp³-hybridized carbons (Fsp3) is 1.00. The van der Waals surface area contributed by atoms with E-state index in [1.807, 2.05) is 0 Å². The maximum atomic E-state index is 5.90. The highest BCUT2D eigenvalue weighted by Gasteiger charge is 2.58. The fourth-order valence-corrected chi connectivity index (χ4v) is 3.33. The Labute approximate surface area is 73.8 Å². The molecule has 2 saturated heterocycles. The first-order valence-electron chi connectivity index (χ1n) is 5.22. The molecule has 0 bridgehead atoms. The van der Waals surface area contributed by atoms with Crippen LogP contribution in [0.15, 0.2) is 0 Å². The number of nitrogens with zero attached hydrogens (tertiary/aromatic N) is 1. The molecule has 0 aromatic rings. The van der Waals surface area contributed by atoms with E-state index in [9.17, 15) is 0 Å². The second kappa shape index (κ2) is 2.24. The predicted molar refractivity (Wildman–Crippen MR) is 46.4 cm³/mol. The number of fused-ring (bicyclic) bond motifs is 3. The lowest BCUT2D eigenvalue weighted by atomic mass is 9.61. The van der Waals surface area contributed by atoms with Crippen LogP contribution in [-0.4, -0.2) is 23.8 Å². The molecule has 0 amide bonds. The second-order valence-corrected chi connectivity index (χ2v) is 4.72. The van der Waals surface area contributed by atoms with E-state index in [-0.39, 0.29) is 0 Å². The van der Waals surface area contributed by atoms with E-state index < -0.39 is 0 Å². The summed E-state index contributed by atoms with van der Waals surface area (Å²) in [6.07, 6.45) is 3.29. The summed E-state index contributed by atoms with van der Waals surface area (Å²) in [4.78, 5) is 5.90. The van der Waals surface area contributed by atoms with Crippen LogP contribution in [0, 0.1) is 17.8 Å². The van der Waals surface area contributed by atoms with Crippen LogP contribution in [-0.2, 0) is 4.84 Å². The molecule has 0 aromatic carbocycles. The van der Waals surface area contributed by atoms with E-state index in [0.29, 0.717) is 6.10 Å². The van der Waals surface area contributed by atoms with Gasteiger partial charge >= 0.3 is 0 Å². The lowest BCUT2D eigenvalue weighted by molar-refractivity contribution is -0.184. The van der Waals surface area contributed by atoms with Crippen molar-refractivity contribution in [1.82, 2.24) is 5.06 Å². The van der Waals surface area contributed by atoms with Gasteiger partial charge in [0.2, 0.25) is 0 Å². The molecule has 2 aliphatic heterocycles. The lowest BCUT2D eigenvalue weighted by Crippen LogP contribution is -2.49. The van der Waals surface area contributed by atoms with Crippen molar-refractivity contribution in [1.29, 1.82) is 0 Å². The Kier molecular flexibility index (Phi) is 1.37. The quantitative estimate of drug-likeness (QED) is 0.544. The second-order valence-electron chi connectivity index (χ2n) is 4.72. The van der Waals surface area contributed by atoms with Crippen LogP contribution in [0.2, 0.25) is 0 Å². The molecule has 12 heavy (non-hydrogen) atoms. The van der Waals surface area contributed by atoms with Crippen molar-refractivity contribution in [3.8, 4) is 0 Å². The van der Waals surface area contributed by atoms with Crippen molar-refractivity contribution >= 4 is 0 Å². The zero-order chi connectivity index (χ0) is 8.29. The standard InChI is InChI=1S/C10H17NO/c1-6-7(2)10-9(6)8-4-3-5-11(8)12-10/h6-10H,3-5H2,1-2H3/t6-,7+,8+,9-,10-/m1/s1. The van der Waals surface area contributed by atoms with Gasteiger partial charge < -0.3 is 0 Å². The van der Waals surface area contributed by atoms with E-state index in [1.54, 1.807) is 0 Å². The van der Waals surface area contributed by atoms with Crippen molar-refractivity contribution in [2.45, 2.75) is 38.8 Å². The first-order valence-corrected chi connectivity index (χ1v) is 5.22. The highest BCUT2D eigenvalue weighted by molar-refractivity contribution is 5.04. The number of rotatable bonds is 0. The van der Waals surface area contributed by atoms with Gasteiger partial charge in [-0.25, -0.2) is 0 Å². The highest BCUT2D eigenvalue weighted by Crippen LogP contribution is 2.52. The van der Waals surface area contributed by atoms with E-state index in [2.05, 4.69) is 18.9 Å². The first-order chi connectivity index (χ1) is 5.79. The molecule has 0 N–H and O–H groups in total. The fourth-order valence-electron chi connectivity index (χ4n) is 3.33. The Hall–Kier alpha value is -0.0800. The Balaban J connectivity index is 1.83. The monoisotopic (exact) mass is 167 g/mol. The van der Waals surface area contributed by atoms with Gasteiger partial charge in [-0.2, -0.15) is 5.06 Å². The van der Waals surface area contributed by atoms with Crippen LogP contribution in [0.1, 0.15) is 26.7 Å². The maximum absolute atomic E-state index is 5.90. The molecule has 3 aliphatic rings. The number of hydroxylamine groups is 2. The van der Waals surface area contributed by atoms with Gasteiger partial charge in [0.25, 0.3) is 0 Å². The molecule has 2 heteroatoms. The molecular weight excluding hydrogens is 150 g/mol. The SMILES string of the molecule is C[C@@H]1[C@H](C)[C@H]2ON3CCC[C@H]3[C@@H]12. The summed E-state index contributed by atoms with van der Waals surface area (Å²) in [6, 6.07) is 0.779. The Bertz CT molecular complexity index is 206. The van der Waals surface area contributed by atoms with Crippen LogP contribution >= 0.6 is 0 Å². The van der Waals surface area contributed by atoms with Gasteiger partial charge in [0.15, 0.2) is 0 Å². The summed E-state index contributed by atoms with van der Waals surface area (Å²) in [5, 5.41) is 2.26. The van der Waals surface area contributed by atoms with Crippen molar-refractivity contribution in [2.24, 2.45) is 17.8 Å². The van der Waals surface area contributed by atoms with E-state index in [1.165, 1.54) is 19.4 Å². The van der Waals surface area contributed by atoms with Crippen LogP contribution in [0.3, 0.4) is 0 Å². The minimum atomic E-state index is 0.574. The maximum Gasteiger partial charge on any atom is 0.0868 e. The zero-order valence-electron chi connectivity index (χ0n) is 7.86. The Morgan fingerprint density at radius 1 is 1.25 bits per heavy atom. The van der Waals surface area contributed by atoms with Gasteiger partial charge in [-0.05, 0) is 24.7 Å². The van der Waals surface area contributed by atoms with Crippen molar-refractivity contribution < 1.29 is 4.84 Å². The minimum absolute atomic E-state index is 0.574. The van der Waals surface area contributed by atoms with Gasteiger partial charge in [-0.3, -0.25) is 4.84 Å². The Morgan fingerprint density at radius 3 is 2.92 bits per heavy atom. The summed E-state index contributed by atoms with van der Waals surface area (Å²) in [5.74, 6) is 2.55. The average molecular weight is 167 g/mol. The zero-order valence-corrected chi connectivity index (χ0v) is 7.86. The molecule has 2 nitrogen and oxygen atoms in total. The summed E-state index contributed by atoms with van der Waals surface area (Å²) in [7, 11) is 0. The molecule has 1 saturated carbocycles. The van der Waals surface area contributed by atoms with Gasteiger partial charge in [0.05, 0.1) is 6.10 Å². The molecule has 0 radical (unpaired) electrons. The summed E-state index contributed by atoms with van der Waals surface area (Å²) < 4.78 is 0. The topological polar surface area (TPSA) is 12.5 Å². The normalized spacial score (nSPS) is 58.0. The van der Waals surface area contributed by atoms with Crippen LogP contribution in [0.5, 0.6) is 0 Å². The molecule has 2 heterocycles. The predicted octanol–water partition coefficient (Wildman–Crippen LogP) is 1.67. The number of hydrogen-bond acceptors (Lipinski definition) is 2. The van der Waals surface area contributed by atoms with E-state index >= 15 is 0 Å². The highest BCUT2D eigenvalue weighted by atomic mass is 16.7. The average Bonchev–Trinajstić information content (AvgIpc) is 2.59. The molecule has 0 unspecified atom stereocenters. The van der Waals surface area contributed by atoms with Gasteiger partial charge in [0, 0.05) is 18.5 Å². The van der Waals surface area contributed by atoms with Crippen LogP contribution < -0.4 is 0 Å². The van der Waals surface area contributed by atoms with Gasteiger partial charge in [0.1, 0.15) is 0 Å². The minimum Gasteiger partial charge on any atom is -0.295 e. The van der Waals surface area contributed by atoms with Gasteiger partial charge in [-0.15, -0.1) is 0 Å². The first kappa shape index (κ1) is 7.34. The van der Waals surface area contributed by atoms with Gasteiger partial charge in [-0.1, -0.05) is 13.8 Å². The number of hydrogen-bond donors (Lipinski definition) is 0. The molecule has 3 rings (SSSR count). The van der Waals surface area contributed by atoms with Crippen LogP contribution in [0.4, 0.5) is 0 Å². The lowest BCUT2D eigenvalue weighted by Gasteiger charge is -2.44. The third kappa shape index (κ3) is 0.686. The molecule has 68 valence electrons. The largest absolute Gasteiger partial charge is 0.295 e. The summed E-state index contributed by atoms with van der Waals surface area (Å²) in [6.45, 7) is 5.89. The molecular formula is C10H17NO. The molecule has 0 aromatic heterocycles. The molecule has 0 spiro atoms. The van der Waals surface area contributed by atoms with Crippen LogP contribution in [0.25, 0.3) is 0 Å². The molecule has 1 aliphatic carbocycles. The summed E-state index contributed by atoms with van der Waals surface area (Å²) in [5.41, 5.74) is 0. The van der Waals surface area contributed by atoms with E-state index in [4.69, 9.17) is 4.84 Å². The van der Waals surface area contributed by atoms with Crippen molar-refractivity contribution in [2.75, 3.05) is 6.54 Å².